The fourth-order valence-electron chi connectivity index (χ4n) is 2.65. The number of hydrogen-bond donors (Lipinski definition) is 2. The van der Waals surface area contributed by atoms with Crippen LogP contribution in [0.25, 0.3) is 0 Å². The summed E-state index contributed by atoms with van der Waals surface area (Å²) in [5.74, 6) is -0.695. The predicted octanol–water partition coefficient (Wildman–Crippen LogP) is 4.00. The maximum absolute atomic E-state index is 13.2. The lowest BCUT2D eigenvalue weighted by molar-refractivity contribution is 0.0950. The first-order chi connectivity index (χ1) is 13.8. The van der Waals surface area contributed by atoms with E-state index in [0.717, 1.165) is 0 Å². The molecule has 0 radical (unpaired) electrons. The standard InChI is InChI=1S/C21H18BrFN2O3S/c22-20-10-2-1-9-19(20)21(26)24-13-16-6-4-8-18(12-16)29(27,28)25-14-15-5-3-7-17(23)11-15/h1-12,25H,13-14H2,(H,24,26). The minimum absolute atomic E-state index is 0.0247. The van der Waals surface area contributed by atoms with E-state index in [-0.39, 0.29) is 23.9 Å². The zero-order valence-corrected chi connectivity index (χ0v) is 17.6. The minimum atomic E-state index is -3.78. The number of carbonyl (C=O) groups excluding carboxylic acids is 1. The number of amides is 1. The first kappa shape index (κ1) is 21.2. The molecule has 0 saturated carbocycles. The molecular formula is C21H18BrFN2O3S. The van der Waals surface area contributed by atoms with Crippen LogP contribution in [0.3, 0.4) is 0 Å². The third-order valence-corrected chi connectivity index (χ3v) is 6.23. The lowest BCUT2D eigenvalue weighted by Crippen LogP contribution is -2.25. The van der Waals surface area contributed by atoms with E-state index in [1.807, 2.05) is 6.07 Å². The Hall–Kier alpha value is -2.55. The molecule has 8 heteroatoms. The molecule has 0 saturated heterocycles. The van der Waals surface area contributed by atoms with Crippen LogP contribution in [-0.2, 0) is 23.1 Å². The van der Waals surface area contributed by atoms with Crippen molar-refractivity contribution in [3.63, 3.8) is 0 Å². The van der Waals surface area contributed by atoms with Crippen LogP contribution in [0.4, 0.5) is 4.39 Å². The average molecular weight is 477 g/mol. The number of benzene rings is 3. The number of nitrogens with one attached hydrogen (secondary N) is 2. The molecule has 0 aliphatic carbocycles. The second-order valence-electron chi connectivity index (χ2n) is 6.26. The molecule has 0 aliphatic heterocycles. The Kier molecular flexibility index (Phi) is 6.79. The normalized spacial score (nSPS) is 11.2. The summed E-state index contributed by atoms with van der Waals surface area (Å²) in [7, 11) is -3.78. The van der Waals surface area contributed by atoms with Crippen molar-refractivity contribution in [1.29, 1.82) is 0 Å². The second-order valence-corrected chi connectivity index (χ2v) is 8.89. The quantitative estimate of drug-likeness (QED) is 0.541. The highest BCUT2D eigenvalue weighted by molar-refractivity contribution is 9.10. The summed E-state index contributed by atoms with van der Waals surface area (Å²) in [5, 5.41) is 2.77. The van der Waals surface area contributed by atoms with Gasteiger partial charge >= 0.3 is 0 Å². The Bertz CT molecular complexity index is 1140. The molecule has 5 nitrogen and oxygen atoms in total. The highest BCUT2D eigenvalue weighted by atomic mass is 79.9. The summed E-state index contributed by atoms with van der Waals surface area (Å²) < 4.78 is 41.5. The van der Waals surface area contributed by atoms with E-state index in [0.29, 0.717) is 21.2 Å². The molecule has 150 valence electrons. The Labute approximate surface area is 177 Å². The summed E-state index contributed by atoms with van der Waals surface area (Å²) in [4.78, 5) is 12.4. The van der Waals surface area contributed by atoms with E-state index in [4.69, 9.17) is 0 Å². The summed E-state index contributed by atoms with van der Waals surface area (Å²) in [6, 6.07) is 19.1. The summed E-state index contributed by atoms with van der Waals surface area (Å²) in [6.07, 6.45) is 0. The van der Waals surface area contributed by atoms with E-state index in [2.05, 4.69) is 26.0 Å². The van der Waals surface area contributed by atoms with Gasteiger partial charge in [0.1, 0.15) is 5.82 Å². The van der Waals surface area contributed by atoms with Gasteiger partial charge in [-0.05, 0) is 63.5 Å². The van der Waals surface area contributed by atoms with Crippen LogP contribution in [0.2, 0.25) is 0 Å². The summed E-state index contributed by atoms with van der Waals surface area (Å²) in [5.41, 5.74) is 1.65. The third-order valence-electron chi connectivity index (χ3n) is 4.14. The molecule has 1 amide bonds. The van der Waals surface area contributed by atoms with Crippen molar-refractivity contribution in [3.8, 4) is 0 Å². The molecular weight excluding hydrogens is 459 g/mol. The first-order valence-electron chi connectivity index (χ1n) is 8.71. The number of carbonyl (C=O) groups is 1. The van der Waals surface area contributed by atoms with E-state index in [9.17, 15) is 17.6 Å². The Balaban J connectivity index is 1.66. The number of halogens is 2. The van der Waals surface area contributed by atoms with Crippen LogP contribution in [-0.4, -0.2) is 14.3 Å². The molecule has 0 bridgehead atoms. The van der Waals surface area contributed by atoms with Crippen molar-refractivity contribution in [2.75, 3.05) is 0 Å². The number of hydrogen-bond acceptors (Lipinski definition) is 3. The van der Waals surface area contributed by atoms with Crippen LogP contribution < -0.4 is 10.0 Å². The van der Waals surface area contributed by atoms with E-state index >= 15 is 0 Å². The SMILES string of the molecule is O=C(NCc1cccc(S(=O)(=O)NCc2cccc(F)c2)c1)c1ccccc1Br. The zero-order chi connectivity index (χ0) is 20.9. The van der Waals surface area contributed by atoms with Crippen molar-refractivity contribution in [2.45, 2.75) is 18.0 Å². The maximum atomic E-state index is 13.2. The smallest absolute Gasteiger partial charge is 0.252 e. The second kappa shape index (κ2) is 9.30. The summed E-state index contributed by atoms with van der Waals surface area (Å²) >= 11 is 3.33. The molecule has 0 unspecified atom stereocenters. The van der Waals surface area contributed by atoms with Crippen LogP contribution in [0.15, 0.2) is 82.2 Å². The average Bonchev–Trinajstić information content (AvgIpc) is 2.71. The van der Waals surface area contributed by atoms with Crippen LogP contribution in [0.5, 0.6) is 0 Å². The van der Waals surface area contributed by atoms with Gasteiger partial charge in [-0.1, -0.05) is 36.4 Å². The van der Waals surface area contributed by atoms with Gasteiger partial charge < -0.3 is 5.32 Å². The van der Waals surface area contributed by atoms with E-state index in [1.54, 1.807) is 36.4 Å². The monoisotopic (exact) mass is 476 g/mol. The fourth-order valence-corrected chi connectivity index (χ4v) is 4.21. The largest absolute Gasteiger partial charge is 0.348 e. The van der Waals surface area contributed by atoms with Gasteiger partial charge in [-0.3, -0.25) is 4.79 Å². The zero-order valence-electron chi connectivity index (χ0n) is 15.2. The highest BCUT2D eigenvalue weighted by Gasteiger charge is 2.15. The summed E-state index contributed by atoms with van der Waals surface area (Å²) in [6.45, 7) is 0.149. The Morgan fingerprint density at radius 2 is 1.59 bits per heavy atom. The molecule has 0 spiro atoms. The fraction of sp³-hybridized carbons (Fsp3) is 0.0952. The highest BCUT2D eigenvalue weighted by Crippen LogP contribution is 2.16. The minimum Gasteiger partial charge on any atom is -0.348 e. The molecule has 29 heavy (non-hydrogen) atoms. The molecule has 0 fully saturated rings. The first-order valence-corrected chi connectivity index (χ1v) is 11.0. The molecule has 0 heterocycles. The van der Waals surface area contributed by atoms with E-state index in [1.165, 1.54) is 30.3 Å². The van der Waals surface area contributed by atoms with Crippen molar-refractivity contribution in [3.05, 3.63) is 99.8 Å². The van der Waals surface area contributed by atoms with Gasteiger partial charge in [0.2, 0.25) is 10.0 Å². The number of rotatable bonds is 7. The van der Waals surface area contributed by atoms with Gasteiger partial charge in [0, 0.05) is 17.6 Å². The lowest BCUT2D eigenvalue weighted by Gasteiger charge is -2.10. The Morgan fingerprint density at radius 3 is 2.31 bits per heavy atom. The van der Waals surface area contributed by atoms with Gasteiger partial charge in [0.15, 0.2) is 0 Å². The number of sulfonamides is 1. The Morgan fingerprint density at radius 1 is 0.897 bits per heavy atom. The lowest BCUT2D eigenvalue weighted by atomic mass is 10.2. The molecule has 3 rings (SSSR count). The van der Waals surface area contributed by atoms with Gasteiger partial charge in [0.25, 0.3) is 5.91 Å². The van der Waals surface area contributed by atoms with Gasteiger partial charge in [0.05, 0.1) is 10.5 Å². The molecule has 3 aromatic rings. The van der Waals surface area contributed by atoms with Crippen molar-refractivity contribution < 1.29 is 17.6 Å². The van der Waals surface area contributed by atoms with E-state index < -0.39 is 15.8 Å². The van der Waals surface area contributed by atoms with Crippen molar-refractivity contribution in [2.24, 2.45) is 0 Å². The molecule has 0 atom stereocenters. The molecule has 2 N–H and O–H groups in total. The van der Waals surface area contributed by atoms with Crippen LogP contribution in [0.1, 0.15) is 21.5 Å². The van der Waals surface area contributed by atoms with Gasteiger partial charge in [-0.2, -0.15) is 0 Å². The molecule has 0 aliphatic rings. The van der Waals surface area contributed by atoms with Gasteiger partial charge in [-0.15, -0.1) is 0 Å². The topological polar surface area (TPSA) is 75.3 Å². The molecule has 0 aromatic heterocycles. The van der Waals surface area contributed by atoms with Crippen LogP contribution >= 0.6 is 15.9 Å². The van der Waals surface area contributed by atoms with Crippen molar-refractivity contribution in [1.82, 2.24) is 10.0 Å². The van der Waals surface area contributed by atoms with Crippen molar-refractivity contribution >= 4 is 31.9 Å². The maximum Gasteiger partial charge on any atom is 0.252 e. The molecule has 3 aromatic carbocycles. The third kappa shape index (κ3) is 5.72. The van der Waals surface area contributed by atoms with Crippen LogP contribution in [0, 0.1) is 5.82 Å². The van der Waals surface area contributed by atoms with Gasteiger partial charge in [-0.25, -0.2) is 17.5 Å². The predicted molar refractivity (Wildman–Crippen MR) is 112 cm³/mol.